The van der Waals surface area contributed by atoms with Crippen LogP contribution in [-0.2, 0) is 4.79 Å². The van der Waals surface area contributed by atoms with Gasteiger partial charge in [-0.2, -0.15) is 0 Å². The minimum absolute atomic E-state index is 0.0326. The summed E-state index contributed by atoms with van der Waals surface area (Å²) in [5.41, 5.74) is 5.61. The van der Waals surface area contributed by atoms with Crippen molar-refractivity contribution >= 4 is 17.4 Å². The zero-order chi connectivity index (χ0) is 10.7. The van der Waals surface area contributed by atoms with Crippen molar-refractivity contribution in [1.82, 2.24) is 0 Å². The van der Waals surface area contributed by atoms with Crippen LogP contribution in [-0.4, -0.2) is 11.7 Å². The number of amidine groups is 1. The summed E-state index contributed by atoms with van der Waals surface area (Å²) in [7, 11) is 0. The van der Waals surface area contributed by atoms with Crippen molar-refractivity contribution in [2.45, 2.75) is 6.92 Å². The van der Waals surface area contributed by atoms with Crippen molar-refractivity contribution in [3.05, 3.63) is 29.6 Å². The van der Waals surface area contributed by atoms with E-state index in [0.717, 1.165) is 6.07 Å². The van der Waals surface area contributed by atoms with Crippen LogP contribution in [0.25, 0.3) is 0 Å². The molecule has 0 fully saturated rings. The first-order valence-electron chi connectivity index (χ1n) is 3.92. The summed E-state index contributed by atoms with van der Waals surface area (Å²) in [5, 5.41) is 9.43. The first-order valence-corrected chi connectivity index (χ1v) is 3.92. The van der Waals surface area contributed by atoms with Gasteiger partial charge in [-0.15, -0.1) is 0 Å². The Morgan fingerprint density at radius 1 is 1.57 bits per heavy atom. The number of nitrogens with two attached hydrogens (primary N) is 1. The molecule has 0 aromatic heterocycles. The standard InChI is InChI=1S/C9H10FN3O/c1-5(14)13-8-4-6(9(11)12)2-3-7(8)10/h2-4H,1H3,(H3,11,12)(H,13,14). The highest BCUT2D eigenvalue weighted by Crippen LogP contribution is 2.15. The summed E-state index contributed by atoms with van der Waals surface area (Å²) in [5.74, 6) is -1.09. The lowest BCUT2D eigenvalue weighted by atomic mass is 10.2. The number of rotatable bonds is 2. The van der Waals surface area contributed by atoms with Crippen LogP contribution >= 0.6 is 0 Å². The van der Waals surface area contributed by atoms with E-state index in [4.69, 9.17) is 11.1 Å². The lowest BCUT2D eigenvalue weighted by molar-refractivity contribution is -0.114. The number of anilines is 1. The number of nitrogen functional groups attached to an aromatic ring is 1. The number of carbonyl (C=O) groups excluding carboxylic acids is 1. The molecule has 4 N–H and O–H groups in total. The predicted octanol–water partition coefficient (Wildman–Crippen LogP) is 1.07. The van der Waals surface area contributed by atoms with Gasteiger partial charge in [0, 0.05) is 12.5 Å². The summed E-state index contributed by atoms with van der Waals surface area (Å²) in [6.45, 7) is 1.28. The lowest BCUT2D eigenvalue weighted by Crippen LogP contribution is -2.13. The molecule has 0 atom stereocenters. The van der Waals surface area contributed by atoms with Crippen LogP contribution in [0.1, 0.15) is 12.5 Å². The maximum atomic E-state index is 13.1. The van der Waals surface area contributed by atoms with Gasteiger partial charge in [-0.05, 0) is 18.2 Å². The molecular formula is C9H10FN3O. The average molecular weight is 195 g/mol. The second kappa shape index (κ2) is 3.87. The lowest BCUT2D eigenvalue weighted by Gasteiger charge is -2.05. The molecular weight excluding hydrogens is 185 g/mol. The van der Waals surface area contributed by atoms with Gasteiger partial charge in [-0.1, -0.05) is 0 Å². The second-order valence-electron chi connectivity index (χ2n) is 2.79. The number of hydrogen-bond donors (Lipinski definition) is 3. The molecule has 1 amide bonds. The Hall–Kier alpha value is -1.91. The highest BCUT2D eigenvalue weighted by atomic mass is 19.1. The molecule has 1 aromatic carbocycles. The molecule has 5 heteroatoms. The Kier molecular flexibility index (Phi) is 2.81. The Labute approximate surface area is 80.4 Å². The minimum atomic E-state index is -0.551. The van der Waals surface area contributed by atoms with E-state index in [1.54, 1.807) is 0 Å². The molecule has 0 aliphatic carbocycles. The third-order valence-corrected chi connectivity index (χ3v) is 1.59. The van der Waals surface area contributed by atoms with Gasteiger partial charge in [0.05, 0.1) is 5.69 Å². The van der Waals surface area contributed by atoms with Crippen LogP contribution in [0.5, 0.6) is 0 Å². The highest BCUT2D eigenvalue weighted by molar-refractivity contribution is 5.97. The monoisotopic (exact) mass is 195 g/mol. The van der Waals surface area contributed by atoms with E-state index in [1.807, 2.05) is 0 Å². The molecule has 14 heavy (non-hydrogen) atoms. The van der Waals surface area contributed by atoms with Crippen LogP contribution in [0.3, 0.4) is 0 Å². The molecule has 1 rings (SSSR count). The smallest absolute Gasteiger partial charge is 0.221 e. The second-order valence-corrected chi connectivity index (χ2v) is 2.79. The number of hydrogen-bond acceptors (Lipinski definition) is 2. The Morgan fingerprint density at radius 3 is 2.71 bits per heavy atom. The van der Waals surface area contributed by atoms with E-state index < -0.39 is 5.82 Å². The van der Waals surface area contributed by atoms with Gasteiger partial charge in [0.2, 0.25) is 5.91 Å². The fraction of sp³-hybridized carbons (Fsp3) is 0.111. The van der Waals surface area contributed by atoms with Gasteiger partial charge in [-0.25, -0.2) is 4.39 Å². The van der Waals surface area contributed by atoms with Gasteiger partial charge in [-0.3, -0.25) is 10.2 Å². The number of carbonyl (C=O) groups is 1. The molecule has 0 saturated carbocycles. The fourth-order valence-corrected chi connectivity index (χ4v) is 0.978. The van der Waals surface area contributed by atoms with Crippen LogP contribution in [0.4, 0.5) is 10.1 Å². The van der Waals surface area contributed by atoms with Crippen molar-refractivity contribution in [3.63, 3.8) is 0 Å². The minimum Gasteiger partial charge on any atom is -0.384 e. The molecule has 0 heterocycles. The maximum absolute atomic E-state index is 13.1. The molecule has 0 radical (unpaired) electrons. The average Bonchev–Trinajstić information content (AvgIpc) is 2.07. The van der Waals surface area contributed by atoms with Crippen LogP contribution in [0.15, 0.2) is 18.2 Å². The fourth-order valence-electron chi connectivity index (χ4n) is 0.978. The summed E-state index contributed by atoms with van der Waals surface area (Å²) >= 11 is 0. The first kappa shape index (κ1) is 10.2. The van der Waals surface area contributed by atoms with Crippen molar-refractivity contribution in [2.75, 3.05) is 5.32 Å². The van der Waals surface area contributed by atoms with Crippen LogP contribution in [0, 0.1) is 11.2 Å². The van der Waals surface area contributed by atoms with E-state index in [9.17, 15) is 9.18 Å². The van der Waals surface area contributed by atoms with Gasteiger partial charge in [0.25, 0.3) is 0 Å². The zero-order valence-electron chi connectivity index (χ0n) is 7.60. The maximum Gasteiger partial charge on any atom is 0.221 e. The molecule has 74 valence electrons. The quantitative estimate of drug-likeness (QED) is 0.487. The molecule has 0 aliphatic heterocycles. The molecule has 1 aromatic rings. The van der Waals surface area contributed by atoms with E-state index in [0.29, 0.717) is 5.56 Å². The number of amides is 1. The third-order valence-electron chi connectivity index (χ3n) is 1.59. The summed E-state index contributed by atoms with van der Waals surface area (Å²) in [6, 6.07) is 3.85. The first-order chi connectivity index (χ1) is 6.50. The molecule has 0 aliphatic rings. The van der Waals surface area contributed by atoms with Crippen molar-refractivity contribution in [1.29, 1.82) is 5.41 Å². The van der Waals surface area contributed by atoms with Gasteiger partial charge >= 0.3 is 0 Å². The zero-order valence-corrected chi connectivity index (χ0v) is 7.60. The van der Waals surface area contributed by atoms with Gasteiger partial charge < -0.3 is 11.1 Å². The third kappa shape index (κ3) is 2.29. The summed E-state index contributed by atoms with van der Waals surface area (Å²) < 4.78 is 13.1. The molecule has 0 spiro atoms. The van der Waals surface area contributed by atoms with E-state index in [2.05, 4.69) is 5.32 Å². The Balaban J connectivity index is 3.08. The largest absolute Gasteiger partial charge is 0.384 e. The molecule has 4 nitrogen and oxygen atoms in total. The summed E-state index contributed by atoms with van der Waals surface area (Å²) in [6.07, 6.45) is 0. The number of benzene rings is 1. The SMILES string of the molecule is CC(=O)Nc1cc(C(=N)N)ccc1F. The molecule has 0 unspecified atom stereocenters. The Morgan fingerprint density at radius 2 is 2.21 bits per heavy atom. The highest BCUT2D eigenvalue weighted by Gasteiger charge is 2.05. The van der Waals surface area contributed by atoms with E-state index >= 15 is 0 Å². The van der Waals surface area contributed by atoms with Gasteiger partial charge in [0.1, 0.15) is 11.7 Å². The van der Waals surface area contributed by atoms with E-state index in [1.165, 1.54) is 19.1 Å². The van der Waals surface area contributed by atoms with Crippen molar-refractivity contribution < 1.29 is 9.18 Å². The topological polar surface area (TPSA) is 79.0 Å². The molecule has 0 bridgehead atoms. The van der Waals surface area contributed by atoms with Crippen molar-refractivity contribution in [3.8, 4) is 0 Å². The normalized spacial score (nSPS) is 9.57. The predicted molar refractivity (Wildman–Crippen MR) is 51.7 cm³/mol. The Bertz CT molecular complexity index is 390. The van der Waals surface area contributed by atoms with Crippen LogP contribution < -0.4 is 11.1 Å². The number of nitrogens with one attached hydrogen (secondary N) is 2. The number of halogens is 1. The van der Waals surface area contributed by atoms with Crippen molar-refractivity contribution in [2.24, 2.45) is 5.73 Å². The molecule has 0 saturated heterocycles. The van der Waals surface area contributed by atoms with Crippen LogP contribution in [0.2, 0.25) is 0 Å². The van der Waals surface area contributed by atoms with E-state index in [-0.39, 0.29) is 17.4 Å². The summed E-state index contributed by atoms with van der Waals surface area (Å²) in [4.78, 5) is 10.7. The van der Waals surface area contributed by atoms with Gasteiger partial charge in [0.15, 0.2) is 0 Å².